The molecule has 0 atom stereocenters. The molecule has 0 aliphatic heterocycles. The predicted molar refractivity (Wildman–Crippen MR) is 46.7 cm³/mol. The number of aromatic nitrogens is 1. The Labute approximate surface area is 92.8 Å². The SMILES string of the molecule is COc1c(C(F)F)cc(C(F)(F)F)nc1CO. The van der Waals surface area contributed by atoms with Crippen molar-refractivity contribution in [3.8, 4) is 5.75 Å². The molecule has 1 N–H and O–H groups in total. The number of aliphatic hydroxyl groups is 1. The van der Waals surface area contributed by atoms with Crippen LogP contribution in [0.1, 0.15) is 23.4 Å². The molecule has 8 heteroatoms. The highest BCUT2D eigenvalue weighted by atomic mass is 19.4. The van der Waals surface area contributed by atoms with Gasteiger partial charge >= 0.3 is 6.18 Å². The fraction of sp³-hybridized carbons (Fsp3) is 0.444. The molecule has 0 aliphatic carbocycles. The topological polar surface area (TPSA) is 42.4 Å². The van der Waals surface area contributed by atoms with Gasteiger partial charge in [-0.15, -0.1) is 0 Å². The number of halogens is 5. The van der Waals surface area contributed by atoms with Crippen molar-refractivity contribution < 1.29 is 31.8 Å². The summed E-state index contributed by atoms with van der Waals surface area (Å²) in [5.74, 6) is -0.532. The third-order valence-corrected chi connectivity index (χ3v) is 1.95. The van der Waals surface area contributed by atoms with Gasteiger partial charge in [0.05, 0.1) is 19.3 Å². The summed E-state index contributed by atoms with van der Waals surface area (Å²) in [5.41, 5.74) is -3.01. The van der Waals surface area contributed by atoms with Crippen molar-refractivity contribution in [1.29, 1.82) is 0 Å². The first-order valence-electron chi connectivity index (χ1n) is 4.35. The summed E-state index contributed by atoms with van der Waals surface area (Å²) in [4.78, 5) is 3.04. The average Bonchev–Trinajstić information content (AvgIpc) is 2.25. The zero-order chi connectivity index (χ0) is 13.2. The maximum Gasteiger partial charge on any atom is 0.433 e. The standard InChI is InChI=1S/C9H8F5NO2/c1-17-7-4(8(10)11)2-6(9(12,13)14)15-5(7)3-16/h2,8,16H,3H2,1H3. The Bertz CT molecular complexity index is 405. The lowest BCUT2D eigenvalue weighted by atomic mass is 10.1. The number of hydrogen-bond donors (Lipinski definition) is 1. The van der Waals surface area contributed by atoms with E-state index in [-0.39, 0.29) is 6.07 Å². The first kappa shape index (κ1) is 13.6. The summed E-state index contributed by atoms with van der Waals surface area (Å²) in [6.07, 6.45) is -8.01. The van der Waals surface area contributed by atoms with Crippen molar-refractivity contribution in [2.24, 2.45) is 0 Å². The van der Waals surface area contributed by atoms with Gasteiger partial charge in [0.1, 0.15) is 11.4 Å². The third-order valence-electron chi connectivity index (χ3n) is 1.95. The molecule has 17 heavy (non-hydrogen) atoms. The molecule has 1 aromatic heterocycles. The van der Waals surface area contributed by atoms with Crippen LogP contribution >= 0.6 is 0 Å². The summed E-state index contributed by atoms with van der Waals surface area (Å²) >= 11 is 0. The molecule has 0 aliphatic rings. The third kappa shape index (κ3) is 2.82. The van der Waals surface area contributed by atoms with E-state index in [1.165, 1.54) is 0 Å². The molecule has 0 saturated heterocycles. The van der Waals surface area contributed by atoms with Gasteiger partial charge in [0.15, 0.2) is 5.75 Å². The van der Waals surface area contributed by atoms with Gasteiger partial charge < -0.3 is 9.84 Å². The van der Waals surface area contributed by atoms with Crippen LogP contribution in [-0.2, 0) is 12.8 Å². The van der Waals surface area contributed by atoms with Crippen LogP contribution in [-0.4, -0.2) is 17.2 Å². The van der Waals surface area contributed by atoms with Crippen LogP contribution in [0.5, 0.6) is 5.75 Å². The number of aliphatic hydroxyl groups excluding tert-OH is 1. The lowest BCUT2D eigenvalue weighted by molar-refractivity contribution is -0.141. The Morgan fingerprint density at radius 2 is 2.00 bits per heavy atom. The number of rotatable bonds is 3. The summed E-state index contributed by atoms with van der Waals surface area (Å²) < 4.78 is 66.7. The van der Waals surface area contributed by atoms with Gasteiger partial charge in [-0.2, -0.15) is 13.2 Å². The van der Waals surface area contributed by atoms with E-state index in [1.54, 1.807) is 0 Å². The number of pyridine rings is 1. The minimum atomic E-state index is -4.86. The smallest absolute Gasteiger partial charge is 0.433 e. The van der Waals surface area contributed by atoms with Gasteiger partial charge in [0, 0.05) is 0 Å². The van der Waals surface area contributed by atoms with E-state index in [0.29, 0.717) is 0 Å². The molecule has 1 aromatic rings. The van der Waals surface area contributed by atoms with E-state index in [1.807, 2.05) is 0 Å². The van der Waals surface area contributed by atoms with Gasteiger partial charge in [-0.1, -0.05) is 0 Å². The molecule has 0 bridgehead atoms. The van der Waals surface area contributed by atoms with Gasteiger partial charge in [0.25, 0.3) is 6.43 Å². The average molecular weight is 257 g/mol. The quantitative estimate of drug-likeness (QED) is 0.846. The highest BCUT2D eigenvalue weighted by Gasteiger charge is 2.35. The van der Waals surface area contributed by atoms with E-state index in [4.69, 9.17) is 5.11 Å². The summed E-state index contributed by atoms with van der Waals surface area (Å²) in [6.45, 7) is -0.924. The normalized spacial score (nSPS) is 12.0. The predicted octanol–water partition coefficient (Wildman–Crippen LogP) is 2.54. The molecule has 0 amide bonds. The molecular formula is C9H8F5NO2. The summed E-state index contributed by atoms with van der Waals surface area (Å²) in [6, 6.07) is 0.211. The number of ether oxygens (including phenoxy) is 1. The zero-order valence-electron chi connectivity index (χ0n) is 8.55. The zero-order valence-corrected chi connectivity index (χ0v) is 8.55. The molecule has 0 fully saturated rings. The van der Waals surface area contributed by atoms with Crippen LogP contribution in [0.2, 0.25) is 0 Å². The molecule has 96 valence electrons. The largest absolute Gasteiger partial charge is 0.494 e. The highest BCUT2D eigenvalue weighted by molar-refractivity contribution is 5.40. The van der Waals surface area contributed by atoms with Crippen molar-refractivity contribution in [2.45, 2.75) is 19.2 Å². The fourth-order valence-corrected chi connectivity index (χ4v) is 1.26. The minimum Gasteiger partial charge on any atom is -0.494 e. The van der Waals surface area contributed by atoms with Crippen LogP contribution in [0.25, 0.3) is 0 Å². The highest BCUT2D eigenvalue weighted by Crippen LogP contribution is 2.36. The van der Waals surface area contributed by atoms with Gasteiger partial charge in [-0.25, -0.2) is 13.8 Å². The number of nitrogens with zero attached hydrogens (tertiary/aromatic N) is 1. The van der Waals surface area contributed by atoms with E-state index in [0.717, 1.165) is 7.11 Å². The van der Waals surface area contributed by atoms with Crippen molar-refractivity contribution in [2.75, 3.05) is 7.11 Å². The van der Waals surface area contributed by atoms with Gasteiger partial charge in [-0.3, -0.25) is 0 Å². The summed E-state index contributed by atoms with van der Waals surface area (Å²) in [7, 11) is 1.01. The second-order valence-electron chi connectivity index (χ2n) is 3.03. The maximum atomic E-state index is 12.5. The van der Waals surface area contributed by atoms with Crippen LogP contribution in [0.4, 0.5) is 22.0 Å². The second kappa shape index (κ2) is 4.82. The lowest BCUT2D eigenvalue weighted by Gasteiger charge is -2.14. The van der Waals surface area contributed by atoms with Crippen LogP contribution in [0.3, 0.4) is 0 Å². The lowest BCUT2D eigenvalue weighted by Crippen LogP contribution is -2.12. The Hall–Kier alpha value is -1.44. The molecule has 0 radical (unpaired) electrons. The Kier molecular flexibility index (Phi) is 3.87. The maximum absolute atomic E-state index is 12.5. The first-order valence-corrected chi connectivity index (χ1v) is 4.35. The van der Waals surface area contributed by atoms with Gasteiger partial charge in [0.2, 0.25) is 0 Å². The molecule has 0 aromatic carbocycles. The Morgan fingerprint density at radius 3 is 2.35 bits per heavy atom. The van der Waals surface area contributed by atoms with E-state index >= 15 is 0 Å². The van der Waals surface area contributed by atoms with E-state index < -0.39 is 41.9 Å². The molecular weight excluding hydrogens is 249 g/mol. The molecule has 0 saturated carbocycles. The van der Waals surface area contributed by atoms with Crippen LogP contribution in [0.15, 0.2) is 6.07 Å². The van der Waals surface area contributed by atoms with Crippen LogP contribution < -0.4 is 4.74 Å². The van der Waals surface area contributed by atoms with Crippen molar-refractivity contribution in [1.82, 2.24) is 4.98 Å². The molecule has 1 rings (SSSR count). The first-order chi connectivity index (χ1) is 7.81. The Balaban J connectivity index is 3.46. The monoisotopic (exact) mass is 257 g/mol. The van der Waals surface area contributed by atoms with E-state index in [9.17, 15) is 22.0 Å². The Morgan fingerprint density at radius 1 is 1.41 bits per heavy atom. The molecule has 0 unspecified atom stereocenters. The summed E-state index contributed by atoms with van der Waals surface area (Å²) in [5, 5.41) is 8.79. The van der Waals surface area contributed by atoms with Crippen molar-refractivity contribution in [3.63, 3.8) is 0 Å². The molecule has 0 spiro atoms. The van der Waals surface area contributed by atoms with E-state index in [2.05, 4.69) is 9.72 Å². The van der Waals surface area contributed by atoms with Crippen molar-refractivity contribution in [3.05, 3.63) is 23.0 Å². The number of methoxy groups -OCH3 is 1. The molecule has 3 nitrogen and oxygen atoms in total. The number of alkyl halides is 5. The second-order valence-corrected chi connectivity index (χ2v) is 3.03. The van der Waals surface area contributed by atoms with Gasteiger partial charge in [-0.05, 0) is 6.07 Å². The van der Waals surface area contributed by atoms with Crippen LogP contribution in [0, 0.1) is 0 Å². The number of hydrogen-bond acceptors (Lipinski definition) is 3. The van der Waals surface area contributed by atoms with Crippen molar-refractivity contribution >= 4 is 0 Å². The molecule has 1 heterocycles. The minimum absolute atomic E-state index is 0.211. The fourth-order valence-electron chi connectivity index (χ4n) is 1.26.